The van der Waals surface area contributed by atoms with Crippen molar-refractivity contribution in [1.82, 2.24) is 5.32 Å². The Balaban J connectivity index is 4.25. The fourth-order valence-corrected chi connectivity index (χ4v) is 2.35. The number of rotatable bonds is 12. The van der Waals surface area contributed by atoms with Crippen molar-refractivity contribution in [2.24, 2.45) is 0 Å². The summed E-state index contributed by atoms with van der Waals surface area (Å²) in [7, 11) is 0. The number of allylic oxidation sites excluding steroid dienone is 5. The Morgan fingerprint density at radius 1 is 0.966 bits per heavy atom. The molecule has 0 saturated heterocycles. The van der Waals surface area contributed by atoms with Crippen LogP contribution in [0.25, 0.3) is 0 Å². The maximum Gasteiger partial charge on any atom is 0.408 e. The Labute approximate surface area is 176 Å². The van der Waals surface area contributed by atoms with E-state index < -0.39 is 23.7 Å². The number of carbonyl (C=O) groups excluding carboxylic acids is 1. The van der Waals surface area contributed by atoms with E-state index in [1.165, 1.54) is 16.7 Å². The van der Waals surface area contributed by atoms with Crippen LogP contribution in [0.4, 0.5) is 4.79 Å². The van der Waals surface area contributed by atoms with Crippen LogP contribution in [0.1, 0.15) is 74.1 Å². The summed E-state index contributed by atoms with van der Waals surface area (Å²) in [5.74, 6) is -1.16. The van der Waals surface area contributed by atoms with Crippen molar-refractivity contribution >= 4 is 12.1 Å². The summed E-state index contributed by atoms with van der Waals surface area (Å²) in [5, 5.41) is 11.5. The minimum absolute atomic E-state index is 0.123. The first-order valence-electron chi connectivity index (χ1n) is 10.2. The Hall–Kier alpha value is -2.08. The van der Waals surface area contributed by atoms with Gasteiger partial charge in [-0.2, -0.15) is 0 Å². The molecular weight excluding hydrogens is 370 g/mol. The van der Waals surface area contributed by atoms with Gasteiger partial charge in [0.25, 0.3) is 0 Å². The third kappa shape index (κ3) is 16.6. The molecule has 0 saturated carbocycles. The van der Waals surface area contributed by atoms with Crippen molar-refractivity contribution in [3.05, 3.63) is 34.9 Å². The zero-order valence-electron chi connectivity index (χ0n) is 19.1. The van der Waals surface area contributed by atoms with Crippen molar-refractivity contribution in [1.29, 1.82) is 0 Å². The molecule has 0 aromatic heterocycles. The third-order valence-corrected chi connectivity index (χ3v) is 3.95. The van der Waals surface area contributed by atoms with E-state index in [-0.39, 0.29) is 6.61 Å². The summed E-state index contributed by atoms with van der Waals surface area (Å²) in [6.07, 6.45) is 9.76. The minimum atomic E-state index is -1.16. The molecule has 0 aliphatic heterocycles. The fraction of sp³-hybridized carbons (Fsp3) is 0.652. The summed E-state index contributed by atoms with van der Waals surface area (Å²) in [6, 6.07) is -1.15. The average molecular weight is 410 g/mol. The zero-order valence-corrected chi connectivity index (χ0v) is 19.1. The molecule has 6 heteroatoms. The SMILES string of the molecule is CC(C)=CCC/C(C)=C/CC/C(C)=C/COC[C@@H](NC(=O)OC(C)(C)C)C(=O)O. The second-order valence-corrected chi connectivity index (χ2v) is 8.53. The van der Waals surface area contributed by atoms with Gasteiger partial charge in [0, 0.05) is 0 Å². The Bertz CT molecular complexity index is 607. The summed E-state index contributed by atoms with van der Waals surface area (Å²) >= 11 is 0. The Kier molecular flexibility index (Phi) is 13.0. The predicted molar refractivity (Wildman–Crippen MR) is 117 cm³/mol. The normalized spacial score (nSPS) is 13.6. The molecule has 0 aromatic carbocycles. The van der Waals surface area contributed by atoms with E-state index in [1.54, 1.807) is 20.8 Å². The van der Waals surface area contributed by atoms with Crippen molar-refractivity contribution in [3.63, 3.8) is 0 Å². The molecule has 0 aliphatic rings. The third-order valence-electron chi connectivity index (χ3n) is 3.95. The van der Waals surface area contributed by atoms with Crippen LogP contribution < -0.4 is 5.32 Å². The summed E-state index contributed by atoms with van der Waals surface area (Å²) < 4.78 is 10.5. The number of carboxylic acid groups (broad SMARTS) is 1. The van der Waals surface area contributed by atoms with Gasteiger partial charge in [-0.15, -0.1) is 0 Å². The highest BCUT2D eigenvalue weighted by atomic mass is 16.6. The van der Waals surface area contributed by atoms with E-state index in [1.807, 2.05) is 13.0 Å². The molecule has 0 heterocycles. The summed E-state index contributed by atoms with van der Waals surface area (Å²) in [4.78, 5) is 23.0. The maximum absolute atomic E-state index is 11.7. The van der Waals surface area contributed by atoms with Crippen LogP contribution in [-0.2, 0) is 14.3 Å². The topological polar surface area (TPSA) is 84.9 Å². The van der Waals surface area contributed by atoms with E-state index in [2.05, 4.69) is 38.2 Å². The first kappa shape index (κ1) is 26.9. The molecule has 0 rings (SSSR count). The molecule has 2 N–H and O–H groups in total. The lowest BCUT2D eigenvalue weighted by molar-refractivity contribution is -0.141. The number of ether oxygens (including phenoxy) is 2. The molecular formula is C23H39NO5. The number of nitrogens with one attached hydrogen (secondary N) is 1. The molecule has 166 valence electrons. The van der Waals surface area contributed by atoms with Crippen LogP contribution in [0.15, 0.2) is 34.9 Å². The number of alkyl carbamates (subject to hydrolysis) is 1. The van der Waals surface area contributed by atoms with Gasteiger partial charge >= 0.3 is 12.1 Å². The molecule has 0 aliphatic carbocycles. The lowest BCUT2D eigenvalue weighted by Gasteiger charge is -2.21. The highest BCUT2D eigenvalue weighted by Gasteiger charge is 2.23. The predicted octanol–water partition coefficient (Wildman–Crippen LogP) is 5.40. The lowest BCUT2D eigenvalue weighted by Crippen LogP contribution is -2.46. The average Bonchev–Trinajstić information content (AvgIpc) is 2.55. The van der Waals surface area contributed by atoms with Gasteiger partial charge in [-0.3, -0.25) is 0 Å². The van der Waals surface area contributed by atoms with Gasteiger partial charge in [-0.05, 0) is 74.1 Å². The van der Waals surface area contributed by atoms with E-state index >= 15 is 0 Å². The molecule has 0 spiro atoms. The van der Waals surface area contributed by atoms with Gasteiger partial charge < -0.3 is 19.9 Å². The fourth-order valence-electron chi connectivity index (χ4n) is 2.35. The standard InChI is InChI=1S/C23H39NO5/c1-17(2)10-8-11-18(3)12-9-13-19(4)14-15-28-16-20(21(25)26)24-22(27)29-23(5,6)7/h10,12,14,20H,8-9,11,13,15-16H2,1-7H3,(H,24,27)(H,25,26)/b18-12+,19-14+/t20-/m1/s1. The van der Waals surface area contributed by atoms with Crippen LogP contribution in [0, 0.1) is 0 Å². The first-order chi connectivity index (χ1) is 13.4. The number of amides is 1. The highest BCUT2D eigenvalue weighted by molar-refractivity contribution is 5.80. The molecule has 6 nitrogen and oxygen atoms in total. The first-order valence-corrected chi connectivity index (χ1v) is 10.2. The number of carboxylic acids is 1. The molecule has 0 radical (unpaired) electrons. The maximum atomic E-state index is 11.7. The molecule has 0 bridgehead atoms. The van der Waals surface area contributed by atoms with Crippen molar-refractivity contribution in [2.45, 2.75) is 85.8 Å². The second-order valence-electron chi connectivity index (χ2n) is 8.53. The highest BCUT2D eigenvalue weighted by Crippen LogP contribution is 2.11. The number of carbonyl (C=O) groups is 2. The van der Waals surface area contributed by atoms with Crippen LogP contribution in [0.3, 0.4) is 0 Å². The van der Waals surface area contributed by atoms with Gasteiger partial charge in [0.15, 0.2) is 6.04 Å². The number of aliphatic carboxylic acids is 1. The van der Waals surface area contributed by atoms with Crippen molar-refractivity contribution in [2.75, 3.05) is 13.2 Å². The van der Waals surface area contributed by atoms with Gasteiger partial charge in [0.05, 0.1) is 13.2 Å². The minimum Gasteiger partial charge on any atom is -0.480 e. The van der Waals surface area contributed by atoms with Crippen LogP contribution >= 0.6 is 0 Å². The zero-order chi connectivity index (χ0) is 22.4. The van der Waals surface area contributed by atoms with Gasteiger partial charge in [-0.1, -0.05) is 34.9 Å². The van der Waals surface area contributed by atoms with Crippen LogP contribution in [0.2, 0.25) is 0 Å². The smallest absolute Gasteiger partial charge is 0.408 e. The van der Waals surface area contributed by atoms with Gasteiger partial charge in [0.2, 0.25) is 0 Å². The summed E-state index contributed by atoms with van der Waals surface area (Å²) in [6.45, 7) is 13.7. The number of hydrogen-bond acceptors (Lipinski definition) is 4. The molecule has 0 unspecified atom stereocenters. The van der Waals surface area contributed by atoms with Crippen LogP contribution in [-0.4, -0.2) is 42.0 Å². The quantitative estimate of drug-likeness (QED) is 0.333. The second kappa shape index (κ2) is 14.0. The van der Waals surface area contributed by atoms with Crippen molar-refractivity contribution < 1.29 is 24.2 Å². The van der Waals surface area contributed by atoms with Crippen molar-refractivity contribution in [3.8, 4) is 0 Å². The summed E-state index contributed by atoms with van der Waals surface area (Å²) in [5.41, 5.74) is 3.24. The lowest BCUT2D eigenvalue weighted by atomic mass is 10.1. The van der Waals surface area contributed by atoms with E-state index in [9.17, 15) is 14.7 Å². The molecule has 29 heavy (non-hydrogen) atoms. The van der Waals surface area contributed by atoms with E-state index in [4.69, 9.17) is 9.47 Å². The molecule has 0 fully saturated rings. The Morgan fingerprint density at radius 3 is 2.03 bits per heavy atom. The van der Waals surface area contributed by atoms with Gasteiger partial charge in [-0.25, -0.2) is 9.59 Å². The largest absolute Gasteiger partial charge is 0.480 e. The molecule has 1 atom stereocenters. The van der Waals surface area contributed by atoms with Crippen LogP contribution in [0.5, 0.6) is 0 Å². The van der Waals surface area contributed by atoms with Gasteiger partial charge in [0.1, 0.15) is 5.60 Å². The monoisotopic (exact) mass is 409 g/mol. The molecule has 1 amide bonds. The Morgan fingerprint density at radius 2 is 1.52 bits per heavy atom. The van der Waals surface area contributed by atoms with E-state index in [0.29, 0.717) is 6.61 Å². The number of hydrogen-bond donors (Lipinski definition) is 2. The molecule has 0 aromatic rings. The van der Waals surface area contributed by atoms with E-state index in [0.717, 1.165) is 25.7 Å².